The molecule has 95 valence electrons. The molecule has 0 aliphatic heterocycles. The van der Waals surface area contributed by atoms with E-state index < -0.39 is 5.97 Å². The quantitative estimate of drug-likeness (QED) is 0.780. The van der Waals surface area contributed by atoms with Crippen molar-refractivity contribution < 1.29 is 9.90 Å². The molecule has 2 nitrogen and oxygen atoms in total. The van der Waals surface area contributed by atoms with Crippen LogP contribution in [0.3, 0.4) is 0 Å². The molecule has 1 radical (unpaired) electrons. The van der Waals surface area contributed by atoms with E-state index in [1.165, 1.54) is 0 Å². The minimum absolute atomic E-state index is 0. The molecule has 0 amide bonds. The zero-order valence-electron chi connectivity index (χ0n) is 12.6. The molecule has 18 heavy (non-hydrogen) atoms. The molecule has 1 aromatic rings. The average molecular weight is 257 g/mol. The summed E-state index contributed by atoms with van der Waals surface area (Å²) in [7, 11) is 0. The largest absolute Gasteiger partial charge is 0.478 e. The van der Waals surface area contributed by atoms with Gasteiger partial charge < -0.3 is 5.11 Å². The fourth-order valence-corrected chi connectivity index (χ4v) is 1.62. The molecular weight excluding hydrogens is 235 g/mol. The zero-order chi connectivity index (χ0) is 13.4. The number of carbonyl (C=O) groups is 1. The molecule has 0 spiro atoms. The number of rotatable bonds is 1. The number of hydrogen-bond acceptors (Lipinski definition) is 1. The van der Waals surface area contributed by atoms with Crippen molar-refractivity contribution in [2.45, 2.75) is 52.4 Å². The second-order valence-corrected chi connectivity index (χ2v) is 6.60. The molecule has 0 aliphatic carbocycles. The van der Waals surface area contributed by atoms with Gasteiger partial charge in [-0.1, -0.05) is 47.6 Å². The fraction of sp³-hybridized carbons (Fsp3) is 0.533. The van der Waals surface area contributed by atoms with E-state index in [1.54, 1.807) is 12.1 Å². The molecule has 0 heterocycles. The van der Waals surface area contributed by atoms with Gasteiger partial charge in [0.2, 0.25) is 0 Å². The summed E-state index contributed by atoms with van der Waals surface area (Å²) in [5.41, 5.74) is 2.45. The van der Waals surface area contributed by atoms with E-state index in [0.29, 0.717) is 5.56 Å². The summed E-state index contributed by atoms with van der Waals surface area (Å²) in [6.45, 7) is 12.6. The minimum Gasteiger partial charge on any atom is -0.478 e. The van der Waals surface area contributed by atoms with E-state index >= 15 is 0 Å². The van der Waals surface area contributed by atoms with Crippen molar-refractivity contribution in [2.75, 3.05) is 0 Å². The maximum absolute atomic E-state index is 11.2. The Kier molecular flexibility index (Phi) is 5.67. The SMILES string of the molecule is CC(C)(C)c1cc(C(=O)O)cc(C(C)(C)C)c1.[Na]. The van der Waals surface area contributed by atoms with Crippen LogP contribution in [0.2, 0.25) is 0 Å². The molecule has 0 saturated heterocycles. The Morgan fingerprint density at radius 2 is 1.22 bits per heavy atom. The van der Waals surface area contributed by atoms with Crippen molar-refractivity contribution >= 4 is 35.5 Å². The third-order valence-corrected chi connectivity index (χ3v) is 2.91. The first kappa shape index (κ1) is 17.7. The third kappa shape index (κ3) is 4.42. The summed E-state index contributed by atoms with van der Waals surface area (Å²) >= 11 is 0. The number of aromatic carboxylic acids is 1. The van der Waals surface area contributed by atoms with E-state index in [9.17, 15) is 4.79 Å². The third-order valence-electron chi connectivity index (χ3n) is 2.91. The van der Waals surface area contributed by atoms with Gasteiger partial charge in [-0.3, -0.25) is 0 Å². The Labute approximate surface area is 132 Å². The standard InChI is InChI=1S/C15H22O2.Na/c1-14(2,3)11-7-10(13(16)17)8-12(9-11)15(4,5)6;/h7-9H,1-6H3,(H,16,17);. The maximum atomic E-state index is 11.2. The number of benzene rings is 1. The van der Waals surface area contributed by atoms with E-state index in [4.69, 9.17) is 5.11 Å². The maximum Gasteiger partial charge on any atom is 0.335 e. The zero-order valence-corrected chi connectivity index (χ0v) is 14.6. The first-order valence-corrected chi connectivity index (χ1v) is 5.91. The smallest absolute Gasteiger partial charge is 0.335 e. The Morgan fingerprint density at radius 1 is 0.889 bits per heavy atom. The van der Waals surface area contributed by atoms with Crippen molar-refractivity contribution in [3.05, 3.63) is 34.9 Å². The molecule has 0 aromatic heterocycles. The van der Waals surface area contributed by atoms with Crippen LogP contribution in [-0.2, 0) is 10.8 Å². The average Bonchev–Trinajstić information content (AvgIpc) is 2.14. The van der Waals surface area contributed by atoms with Crippen molar-refractivity contribution in [3.8, 4) is 0 Å². The number of carboxylic acid groups (broad SMARTS) is 1. The van der Waals surface area contributed by atoms with Crippen LogP contribution >= 0.6 is 0 Å². The van der Waals surface area contributed by atoms with Crippen molar-refractivity contribution in [1.29, 1.82) is 0 Å². The molecule has 0 aliphatic rings. The van der Waals surface area contributed by atoms with Crippen LogP contribution in [0.5, 0.6) is 0 Å². The van der Waals surface area contributed by atoms with E-state index in [2.05, 4.69) is 47.6 Å². The summed E-state index contributed by atoms with van der Waals surface area (Å²) in [5, 5.41) is 9.17. The molecule has 0 atom stereocenters. The van der Waals surface area contributed by atoms with Gasteiger partial charge in [0.05, 0.1) is 5.56 Å². The Morgan fingerprint density at radius 3 is 1.44 bits per heavy atom. The van der Waals surface area contributed by atoms with Crippen LogP contribution < -0.4 is 0 Å². The van der Waals surface area contributed by atoms with E-state index in [-0.39, 0.29) is 40.4 Å². The first-order valence-electron chi connectivity index (χ1n) is 5.91. The fourth-order valence-electron chi connectivity index (χ4n) is 1.62. The molecule has 3 heteroatoms. The van der Waals surface area contributed by atoms with Gasteiger partial charge >= 0.3 is 5.97 Å². The van der Waals surface area contributed by atoms with Crippen molar-refractivity contribution in [1.82, 2.24) is 0 Å². The van der Waals surface area contributed by atoms with Gasteiger partial charge in [0, 0.05) is 29.6 Å². The second-order valence-electron chi connectivity index (χ2n) is 6.60. The van der Waals surface area contributed by atoms with Gasteiger partial charge in [-0.25, -0.2) is 4.79 Å². The van der Waals surface area contributed by atoms with E-state index in [1.807, 2.05) is 0 Å². The Hall–Kier alpha value is -0.310. The summed E-state index contributed by atoms with van der Waals surface area (Å²) in [5.74, 6) is -0.860. The summed E-state index contributed by atoms with van der Waals surface area (Å²) in [4.78, 5) is 11.2. The molecule has 1 N–H and O–H groups in total. The summed E-state index contributed by atoms with van der Waals surface area (Å²) < 4.78 is 0. The minimum atomic E-state index is -0.860. The molecule has 1 rings (SSSR count). The number of carboxylic acids is 1. The second kappa shape index (κ2) is 5.77. The molecule has 1 aromatic carbocycles. The van der Waals surface area contributed by atoms with Crippen LogP contribution in [0.15, 0.2) is 18.2 Å². The van der Waals surface area contributed by atoms with Gasteiger partial charge in [0.1, 0.15) is 0 Å². The monoisotopic (exact) mass is 257 g/mol. The Bertz CT molecular complexity index is 405. The molecule has 0 unspecified atom stereocenters. The summed E-state index contributed by atoms with van der Waals surface area (Å²) in [6, 6.07) is 5.67. The molecule has 0 bridgehead atoms. The van der Waals surface area contributed by atoms with Crippen molar-refractivity contribution in [3.63, 3.8) is 0 Å². The van der Waals surface area contributed by atoms with Gasteiger partial charge in [-0.15, -0.1) is 0 Å². The van der Waals surface area contributed by atoms with Crippen molar-refractivity contribution in [2.24, 2.45) is 0 Å². The molecule has 0 saturated carbocycles. The van der Waals surface area contributed by atoms with Crippen LogP contribution in [-0.4, -0.2) is 40.6 Å². The first-order chi connectivity index (χ1) is 7.51. The predicted octanol–water partition coefficient (Wildman–Crippen LogP) is 3.60. The van der Waals surface area contributed by atoms with Gasteiger partial charge in [0.25, 0.3) is 0 Å². The normalized spacial score (nSPS) is 11.9. The number of hydrogen-bond donors (Lipinski definition) is 1. The van der Waals surface area contributed by atoms with Gasteiger partial charge in [0.15, 0.2) is 0 Å². The Balaban J connectivity index is 0.00000289. The topological polar surface area (TPSA) is 37.3 Å². The van der Waals surface area contributed by atoms with Crippen LogP contribution in [0.1, 0.15) is 63.0 Å². The van der Waals surface area contributed by atoms with Crippen LogP contribution in [0.25, 0.3) is 0 Å². The van der Waals surface area contributed by atoms with Gasteiger partial charge in [-0.2, -0.15) is 0 Å². The van der Waals surface area contributed by atoms with Gasteiger partial charge in [-0.05, 0) is 34.1 Å². The predicted molar refractivity (Wildman–Crippen MR) is 76.6 cm³/mol. The van der Waals surface area contributed by atoms with E-state index in [0.717, 1.165) is 11.1 Å². The summed E-state index contributed by atoms with van der Waals surface area (Å²) in [6.07, 6.45) is 0. The van der Waals surface area contributed by atoms with Crippen LogP contribution in [0, 0.1) is 0 Å². The molecular formula is C15H22NaO2. The van der Waals surface area contributed by atoms with Crippen LogP contribution in [0.4, 0.5) is 0 Å². The molecule has 0 fully saturated rings.